The highest BCUT2D eigenvalue weighted by atomic mass is 35.5. The minimum atomic E-state index is -0.462. The van der Waals surface area contributed by atoms with Gasteiger partial charge in [-0.25, -0.2) is 0 Å². The molecule has 0 bridgehead atoms. The molecule has 0 aliphatic carbocycles. The minimum absolute atomic E-state index is 0.0209. The van der Waals surface area contributed by atoms with Gasteiger partial charge in [0.15, 0.2) is 0 Å². The van der Waals surface area contributed by atoms with Crippen molar-refractivity contribution in [3.8, 4) is 0 Å². The van der Waals surface area contributed by atoms with E-state index >= 15 is 0 Å². The number of imidazole rings is 1. The van der Waals surface area contributed by atoms with Crippen molar-refractivity contribution in [3.05, 3.63) is 37.7 Å². The van der Waals surface area contributed by atoms with E-state index in [0.717, 1.165) is 0 Å². The van der Waals surface area contributed by atoms with E-state index in [1.807, 2.05) is 4.90 Å². The van der Waals surface area contributed by atoms with Gasteiger partial charge in [-0.05, 0) is 24.7 Å². The topological polar surface area (TPSA) is 109 Å². The summed E-state index contributed by atoms with van der Waals surface area (Å²) in [5.41, 5.74) is 0.907. The van der Waals surface area contributed by atoms with Crippen LogP contribution in [0.1, 0.15) is 29.0 Å². The lowest BCUT2D eigenvalue weighted by Crippen LogP contribution is -2.45. The van der Waals surface area contributed by atoms with Gasteiger partial charge in [-0.1, -0.05) is 23.2 Å². The van der Waals surface area contributed by atoms with Crippen LogP contribution >= 0.6 is 23.2 Å². The number of hydrogen-bond acceptors (Lipinski definition) is 5. The third-order valence-electron chi connectivity index (χ3n) is 4.52. The number of aryl methyl sites for hydroxylation is 1. The summed E-state index contributed by atoms with van der Waals surface area (Å²) in [4.78, 5) is 31.9. The van der Waals surface area contributed by atoms with Gasteiger partial charge in [-0.3, -0.25) is 4.79 Å². The summed E-state index contributed by atoms with van der Waals surface area (Å²) in [7, 11) is 1.62. The predicted molar refractivity (Wildman–Crippen MR) is 98.1 cm³/mol. The molecule has 1 saturated heterocycles. The summed E-state index contributed by atoms with van der Waals surface area (Å²) in [5, 5.41) is 14.5. The fourth-order valence-electron chi connectivity index (χ4n) is 3.06. The zero-order valence-electron chi connectivity index (χ0n) is 14.3. The second-order valence-corrected chi connectivity index (χ2v) is 6.98. The molecule has 11 heteroatoms. The number of aromatic amines is 1. The average molecular weight is 401 g/mol. The SMILES string of the molecule is Cc1[nH]c(C(=O)NC2CCN(c3ncc([N+](=O)[O-])n3C)CC2)c(Cl)c1Cl. The van der Waals surface area contributed by atoms with Crippen LogP contribution < -0.4 is 10.2 Å². The smallest absolute Gasteiger partial charge is 0.344 e. The summed E-state index contributed by atoms with van der Waals surface area (Å²) in [5.74, 6) is 0.205. The van der Waals surface area contributed by atoms with Crippen molar-refractivity contribution in [1.82, 2.24) is 19.9 Å². The van der Waals surface area contributed by atoms with E-state index in [0.29, 0.717) is 42.6 Å². The maximum absolute atomic E-state index is 12.4. The second kappa shape index (κ2) is 7.16. The molecule has 0 radical (unpaired) electrons. The summed E-state index contributed by atoms with van der Waals surface area (Å²) in [6.07, 6.45) is 2.64. The summed E-state index contributed by atoms with van der Waals surface area (Å²) in [6.45, 7) is 3.01. The first-order valence-corrected chi connectivity index (χ1v) is 8.80. The third-order valence-corrected chi connectivity index (χ3v) is 5.47. The van der Waals surface area contributed by atoms with E-state index in [1.165, 1.54) is 10.8 Å². The Bertz CT molecular complexity index is 854. The van der Waals surface area contributed by atoms with Crippen molar-refractivity contribution >= 4 is 40.9 Å². The number of aromatic nitrogens is 3. The highest BCUT2D eigenvalue weighted by Crippen LogP contribution is 2.29. The van der Waals surface area contributed by atoms with Gasteiger partial charge in [0.05, 0.1) is 17.1 Å². The Morgan fingerprint density at radius 2 is 2.04 bits per heavy atom. The van der Waals surface area contributed by atoms with Crippen LogP contribution in [0.5, 0.6) is 0 Å². The van der Waals surface area contributed by atoms with Crippen LogP contribution in [-0.2, 0) is 7.05 Å². The molecule has 3 heterocycles. The van der Waals surface area contributed by atoms with Gasteiger partial charge in [0.2, 0.25) is 0 Å². The van der Waals surface area contributed by atoms with Gasteiger partial charge in [0.25, 0.3) is 11.9 Å². The fourth-order valence-corrected chi connectivity index (χ4v) is 3.48. The number of amides is 1. The molecule has 1 aliphatic rings. The molecule has 0 atom stereocenters. The monoisotopic (exact) mass is 400 g/mol. The number of carbonyl (C=O) groups excluding carboxylic acids is 1. The van der Waals surface area contributed by atoms with Crippen LogP contribution in [-0.4, -0.2) is 44.5 Å². The van der Waals surface area contributed by atoms with E-state index < -0.39 is 4.92 Å². The summed E-state index contributed by atoms with van der Waals surface area (Å²) in [6, 6.07) is -0.0209. The van der Waals surface area contributed by atoms with Gasteiger partial charge in [-0.2, -0.15) is 9.55 Å². The van der Waals surface area contributed by atoms with Crippen LogP contribution in [0.3, 0.4) is 0 Å². The highest BCUT2D eigenvalue weighted by molar-refractivity contribution is 6.44. The molecule has 0 unspecified atom stereocenters. The number of hydrogen-bond donors (Lipinski definition) is 2. The summed E-state index contributed by atoms with van der Waals surface area (Å²) >= 11 is 12.1. The Hall–Kier alpha value is -2.26. The predicted octanol–water partition coefficient (Wildman–Crippen LogP) is 2.67. The van der Waals surface area contributed by atoms with Gasteiger partial charge in [0, 0.05) is 24.8 Å². The van der Waals surface area contributed by atoms with E-state index in [2.05, 4.69) is 15.3 Å². The fraction of sp³-hybridized carbons (Fsp3) is 0.467. The Labute approximate surface area is 159 Å². The number of H-pyrrole nitrogens is 1. The molecule has 2 N–H and O–H groups in total. The van der Waals surface area contributed by atoms with E-state index in [4.69, 9.17) is 23.2 Å². The number of carbonyl (C=O) groups is 1. The normalized spacial score (nSPS) is 15.3. The molecule has 3 rings (SSSR count). The summed E-state index contributed by atoms with van der Waals surface area (Å²) < 4.78 is 1.46. The molecular weight excluding hydrogens is 383 g/mol. The van der Waals surface area contributed by atoms with Crippen molar-refractivity contribution in [2.75, 3.05) is 18.0 Å². The number of anilines is 1. The Kier molecular flexibility index (Phi) is 5.10. The number of rotatable bonds is 4. The van der Waals surface area contributed by atoms with E-state index in [1.54, 1.807) is 14.0 Å². The maximum Gasteiger partial charge on any atom is 0.344 e. The molecule has 140 valence electrons. The quantitative estimate of drug-likeness (QED) is 0.605. The molecule has 2 aromatic rings. The van der Waals surface area contributed by atoms with Crippen molar-refractivity contribution in [3.63, 3.8) is 0 Å². The van der Waals surface area contributed by atoms with Crippen LogP contribution in [0.25, 0.3) is 0 Å². The molecule has 2 aromatic heterocycles. The largest absolute Gasteiger partial charge is 0.358 e. The van der Waals surface area contributed by atoms with Gasteiger partial charge < -0.3 is 25.3 Å². The van der Waals surface area contributed by atoms with Crippen LogP contribution in [0.2, 0.25) is 10.0 Å². The minimum Gasteiger partial charge on any atom is -0.358 e. The molecule has 1 aliphatic heterocycles. The lowest BCUT2D eigenvalue weighted by molar-refractivity contribution is -0.391. The van der Waals surface area contributed by atoms with Crippen LogP contribution in [0.15, 0.2) is 6.20 Å². The number of nitro groups is 1. The van der Waals surface area contributed by atoms with Crippen molar-refractivity contribution in [1.29, 1.82) is 0 Å². The third kappa shape index (κ3) is 3.36. The van der Waals surface area contributed by atoms with Crippen LogP contribution in [0, 0.1) is 17.0 Å². The molecule has 1 fully saturated rings. The molecule has 26 heavy (non-hydrogen) atoms. The molecular formula is C15H18Cl2N6O3. The van der Waals surface area contributed by atoms with Crippen molar-refractivity contribution in [2.24, 2.45) is 7.05 Å². The Balaban J connectivity index is 1.61. The van der Waals surface area contributed by atoms with Gasteiger partial charge in [0.1, 0.15) is 11.9 Å². The Morgan fingerprint density at radius 3 is 2.54 bits per heavy atom. The zero-order chi connectivity index (χ0) is 19.0. The molecule has 0 spiro atoms. The first-order valence-electron chi connectivity index (χ1n) is 8.05. The highest BCUT2D eigenvalue weighted by Gasteiger charge is 2.28. The van der Waals surface area contributed by atoms with Crippen molar-refractivity contribution < 1.29 is 9.72 Å². The van der Waals surface area contributed by atoms with Gasteiger partial charge in [-0.15, -0.1) is 0 Å². The van der Waals surface area contributed by atoms with E-state index in [9.17, 15) is 14.9 Å². The first-order chi connectivity index (χ1) is 12.3. The van der Waals surface area contributed by atoms with Crippen LogP contribution in [0.4, 0.5) is 11.8 Å². The standard InChI is InChI=1S/C15H18Cl2N6O3/c1-8-11(16)12(17)13(19-8)14(24)20-9-3-5-22(6-4-9)15-18-7-10(21(15)2)23(25)26/h7,9,19H,3-6H2,1-2H3,(H,20,24). The molecule has 1 amide bonds. The molecule has 9 nitrogen and oxygen atoms in total. The average Bonchev–Trinajstić information content (AvgIpc) is 3.11. The van der Waals surface area contributed by atoms with Crippen molar-refractivity contribution in [2.45, 2.75) is 25.8 Å². The van der Waals surface area contributed by atoms with Gasteiger partial charge >= 0.3 is 5.82 Å². The number of halogens is 2. The number of nitrogens with zero attached hydrogens (tertiary/aromatic N) is 4. The second-order valence-electron chi connectivity index (χ2n) is 6.22. The maximum atomic E-state index is 12.4. The first kappa shape index (κ1) is 18.5. The Morgan fingerprint density at radius 1 is 1.38 bits per heavy atom. The zero-order valence-corrected chi connectivity index (χ0v) is 15.8. The lowest BCUT2D eigenvalue weighted by Gasteiger charge is -2.31. The lowest BCUT2D eigenvalue weighted by atomic mass is 10.1. The molecule has 0 saturated carbocycles. The number of nitrogens with one attached hydrogen (secondary N) is 2. The number of piperidine rings is 1. The van der Waals surface area contributed by atoms with E-state index in [-0.39, 0.29) is 28.5 Å². The molecule has 0 aromatic carbocycles.